The van der Waals surface area contributed by atoms with Gasteiger partial charge in [-0.2, -0.15) is 0 Å². The van der Waals surface area contributed by atoms with Gasteiger partial charge in [-0.1, -0.05) is 23.7 Å². The lowest BCUT2D eigenvalue weighted by atomic mass is 10.3. The molecule has 1 atom stereocenters. The molecule has 5 heteroatoms. The number of hydrogen-bond donors (Lipinski definition) is 1. The number of alkyl halides is 1. The van der Waals surface area contributed by atoms with Gasteiger partial charge < -0.3 is 15.2 Å². The van der Waals surface area contributed by atoms with Crippen molar-refractivity contribution in [1.29, 1.82) is 0 Å². The summed E-state index contributed by atoms with van der Waals surface area (Å²) in [5.41, 5.74) is 4.37. The van der Waals surface area contributed by atoms with Crippen LogP contribution in [-0.2, 0) is 0 Å². The van der Waals surface area contributed by atoms with Crippen LogP contribution in [-0.4, -0.2) is 11.7 Å². The minimum absolute atomic E-state index is 0.257. The first kappa shape index (κ1) is 10.7. The van der Waals surface area contributed by atoms with Crippen LogP contribution in [0.25, 0.3) is 0 Å². The predicted octanol–water partition coefficient (Wildman–Crippen LogP) is 2.11. The van der Waals surface area contributed by atoms with Crippen molar-refractivity contribution >= 4 is 17.7 Å². The highest BCUT2D eigenvalue weighted by Crippen LogP contribution is 2.27. The van der Waals surface area contributed by atoms with E-state index in [9.17, 15) is 4.79 Å². The molecule has 1 unspecified atom stereocenters. The number of para-hydroxylation sites is 2. The molecule has 0 radical (unpaired) electrons. The maximum atomic E-state index is 10.5. The number of benzene rings is 1. The molecule has 0 aliphatic rings. The Bertz CT molecular complexity index is 328. The average Bonchev–Trinajstić information content (AvgIpc) is 2.06. The molecular formula is C9H10ClNO3. The molecule has 76 valence electrons. The molecule has 0 heterocycles. The third-order valence-electron chi connectivity index (χ3n) is 1.35. The maximum Gasteiger partial charge on any atom is 0.410 e. The molecular weight excluding hydrogens is 206 g/mol. The summed E-state index contributed by atoms with van der Waals surface area (Å²) in [6.45, 7) is 1.66. The lowest BCUT2D eigenvalue weighted by Crippen LogP contribution is -2.17. The molecule has 1 rings (SSSR count). The zero-order valence-electron chi connectivity index (χ0n) is 7.57. The van der Waals surface area contributed by atoms with Gasteiger partial charge >= 0.3 is 6.09 Å². The molecule has 4 nitrogen and oxygen atoms in total. The number of rotatable bonds is 3. The fourth-order valence-electron chi connectivity index (χ4n) is 0.915. The van der Waals surface area contributed by atoms with Gasteiger partial charge in [0, 0.05) is 0 Å². The number of nitrogens with two attached hydrogens (primary N) is 1. The van der Waals surface area contributed by atoms with Crippen molar-refractivity contribution in [2.75, 3.05) is 0 Å². The van der Waals surface area contributed by atoms with Crippen LogP contribution in [0.4, 0.5) is 4.79 Å². The quantitative estimate of drug-likeness (QED) is 0.786. The lowest BCUT2D eigenvalue weighted by Gasteiger charge is -2.11. The monoisotopic (exact) mass is 215 g/mol. The molecule has 1 aromatic rings. The Morgan fingerprint density at radius 3 is 2.50 bits per heavy atom. The predicted molar refractivity (Wildman–Crippen MR) is 52.6 cm³/mol. The summed E-state index contributed by atoms with van der Waals surface area (Å²) in [5.74, 6) is 0.640. The Balaban J connectivity index is 2.85. The van der Waals surface area contributed by atoms with Gasteiger partial charge in [0.25, 0.3) is 0 Å². The van der Waals surface area contributed by atoms with Gasteiger partial charge in [0.1, 0.15) is 0 Å². The molecule has 0 saturated heterocycles. The van der Waals surface area contributed by atoms with E-state index in [0.29, 0.717) is 5.75 Å². The molecule has 0 aliphatic carbocycles. The summed E-state index contributed by atoms with van der Waals surface area (Å²) in [6.07, 6.45) is -0.886. The minimum atomic E-state index is -0.886. The first-order valence-corrected chi connectivity index (χ1v) is 4.40. The van der Waals surface area contributed by atoms with Crippen molar-refractivity contribution in [1.82, 2.24) is 0 Å². The largest absolute Gasteiger partial charge is 0.471 e. The fourth-order valence-corrected chi connectivity index (χ4v) is 1.01. The van der Waals surface area contributed by atoms with Crippen LogP contribution in [0.1, 0.15) is 6.92 Å². The zero-order chi connectivity index (χ0) is 10.6. The van der Waals surface area contributed by atoms with E-state index < -0.39 is 11.7 Å². The van der Waals surface area contributed by atoms with Crippen molar-refractivity contribution in [3.05, 3.63) is 24.3 Å². The molecule has 0 bridgehead atoms. The van der Waals surface area contributed by atoms with Gasteiger partial charge in [0.2, 0.25) is 0 Å². The Morgan fingerprint density at radius 1 is 1.43 bits per heavy atom. The van der Waals surface area contributed by atoms with E-state index in [4.69, 9.17) is 26.8 Å². The van der Waals surface area contributed by atoms with Crippen LogP contribution >= 0.6 is 11.6 Å². The van der Waals surface area contributed by atoms with Crippen molar-refractivity contribution in [3.63, 3.8) is 0 Å². The standard InChI is InChI=1S/C9H10ClNO3/c1-6(10)13-7-4-2-3-5-8(7)14-9(11)12/h2-6H,1H3,(H2,11,12). The Kier molecular flexibility index (Phi) is 3.59. The second-order valence-electron chi connectivity index (χ2n) is 2.53. The first-order valence-electron chi connectivity index (χ1n) is 3.96. The topological polar surface area (TPSA) is 61.6 Å². The highest BCUT2D eigenvalue weighted by molar-refractivity contribution is 6.19. The molecule has 1 aromatic carbocycles. The molecule has 14 heavy (non-hydrogen) atoms. The number of ether oxygens (including phenoxy) is 2. The Morgan fingerprint density at radius 2 is 2.00 bits per heavy atom. The number of carbonyl (C=O) groups is 1. The normalized spacial score (nSPS) is 11.9. The second kappa shape index (κ2) is 4.72. The van der Waals surface area contributed by atoms with Gasteiger partial charge in [0.15, 0.2) is 17.1 Å². The summed E-state index contributed by atoms with van der Waals surface area (Å²) in [5, 5.41) is 0. The van der Waals surface area contributed by atoms with E-state index in [-0.39, 0.29) is 5.75 Å². The zero-order valence-corrected chi connectivity index (χ0v) is 8.32. The molecule has 0 aliphatic heterocycles. The SMILES string of the molecule is CC(Cl)Oc1ccccc1OC(N)=O. The minimum Gasteiger partial charge on any atom is -0.471 e. The van der Waals surface area contributed by atoms with Crippen LogP contribution in [0.2, 0.25) is 0 Å². The number of halogens is 1. The highest BCUT2D eigenvalue weighted by atomic mass is 35.5. The van der Waals surface area contributed by atoms with Crippen LogP contribution in [0.15, 0.2) is 24.3 Å². The third-order valence-corrected chi connectivity index (χ3v) is 1.44. The van der Waals surface area contributed by atoms with Crippen molar-refractivity contribution in [2.24, 2.45) is 5.73 Å². The van der Waals surface area contributed by atoms with Crippen molar-refractivity contribution in [2.45, 2.75) is 12.5 Å². The summed E-state index contributed by atoms with van der Waals surface area (Å²) in [4.78, 5) is 10.5. The van der Waals surface area contributed by atoms with Crippen molar-refractivity contribution < 1.29 is 14.3 Å². The maximum absolute atomic E-state index is 10.5. The number of hydrogen-bond acceptors (Lipinski definition) is 3. The van der Waals surface area contributed by atoms with E-state index in [2.05, 4.69) is 0 Å². The smallest absolute Gasteiger partial charge is 0.410 e. The molecule has 1 amide bonds. The Labute approximate surface area is 86.6 Å². The average molecular weight is 216 g/mol. The fraction of sp³-hybridized carbons (Fsp3) is 0.222. The van der Waals surface area contributed by atoms with Crippen LogP contribution in [0.3, 0.4) is 0 Å². The molecule has 0 aromatic heterocycles. The van der Waals surface area contributed by atoms with E-state index in [0.717, 1.165) is 0 Å². The molecule has 2 N–H and O–H groups in total. The molecule has 0 saturated carbocycles. The van der Waals surface area contributed by atoms with Gasteiger partial charge in [-0.15, -0.1) is 0 Å². The van der Waals surface area contributed by atoms with E-state index in [1.54, 1.807) is 31.2 Å². The number of primary amides is 1. The summed E-state index contributed by atoms with van der Waals surface area (Å²) >= 11 is 5.63. The number of carbonyl (C=O) groups excluding carboxylic acids is 1. The van der Waals surface area contributed by atoms with Crippen LogP contribution in [0.5, 0.6) is 11.5 Å². The van der Waals surface area contributed by atoms with E-state index >= 15 is 0 Å². The molecule has 0 spiro atoms. The van der Waals surface area contributed by atoms with Gasteiger partial charge in [0.05, 0.1) is 0 Å². The van der Waals surface area contributed by atoms with Crippen molar-refractivity contribution in [3.8, 4) is 11.5 Å². The van der Waals surface area contributed by atoms with E-state index in [1.807, 2.05) is 0 Å². The summed E-state index contributed by atoms with van der Waals surface area (Å²) in [6, 6.07) is 6.64. The highest BCUT2D eigenvalue weighted by Gasteiger charge is 2.08. The lowest BCUT2D eigenvalue weighted by molar-refractivity contribution is 0.206. The Hall–Kier alpha value is -1.42. The molecule has 0 fully saturated rings. The third kappa shape index (κ3) is 3.14. The first-order chi connectivity index (χ1) is 6.59. The van der Waals surface area contributed by atoms with Gasteiger partial charge in [-0.3, -0.25) is 0 Å². The van der Waals surface area contributed by atoms with Gasteiger partial charge in [-0.05, 0) is 19.1 Å². The number of amides is 1. The summed E-state index contributed by atoms with van der Waals surface area (Å²) in [7, 11) is 0. The second-order valence-corrected chi connectivity index (χ2v) is 3.14. The summed E-state index contributed by atoms with van der Waals surface area (Å²) < 4.78 is 9.88. The van der Waals surface area contributed by atoms with Gasteiger partial charge in [-0.25, -0.2) is 4.79 Å². The van der Waals surface area contributed by atoms with E-state index in [1.165, 1.54) is 0 Å². The van der Waals surface area contributed by atoms with Crippen LogP contribution in [0, 0.1) is 0 Å². The van der Waals surface area contributed by atoms with Crippen LogP contribution < -0.4 is 15.2 Å².